The van der Waals surface area contributed by atoms with Gasteiger partial charge in [0.25, 0.3) is 5.91 Å². The van der Waals surface area contributed by atoms with Crippen LogP contribution in [0.5, 0.6) is 0 Å². The topological polar surface area (TPSA) is 54.9 Å². The summed E-state index contributed by atoms with van der Waals surface area (Å²) in [5.41, 5.74) is 1.30. The minimum atomic E-state index is -0.258. The van der Waals surface area contributed by atoms with Crippen molar-refractivity contribution < 1.29 is 9.18 Å². The Balaban J connectivity index is 1.80. The molecule has 0 bridgehead atoms. The molecule has 2 rings (SSSR count). The molecule has 1 aromatic carbocycles. The molecule has 0 radical (unpaired) electrons. The molecule has 17 heavy (non-hydrogen) atoms. The lowest BCUT2D eigenvalue weighted by Crippen LogP contribution is -2.25. The van der Waals surface area contributed by atoms with Gasteiger partial charge in [-0.15, -0.1) is 0 Å². The number of hydrogen-bond acceptors (Lipinski definition) is 4. The highest BCUT2D eigenvalue weighted by Crippen LogP contribution is 2.03. The van der Waals surface area contributed by atoms with Crippen molar-refractivity contribution in [2.45, 2.75) is 6.42 Å². The lowest BCUT2D eigenvalue weighted by molar-refractivity contribution is 0.0950. The average molecular weight is 251 g/mol. The summed E-state index contributed by atoms with van der Waals surface area (Å²) >= 11 is 0.997. The van der Waals surface area contributed by atoms with Crippen LogP contribution >= 0.6 is 11.7 Å². The maximum atomic E-state index is 12.6. The molecule has 4 nitrogen and oxygen atoms in total. The summed E-state index contributed by atoms with van der Waals surface area (Å²) in [6, 6.07) is 6.21. The third-order valence-electron chi connectivity index (χ3n) is 2.21. The van der Waals surface area contributed by atoms with Crippen molar-refractivity contribution in [3.63, 3.8) is 0 Å². The van der Waals surface area contributed by atoms with Gasteiger partial charge in [0.2, 0.25) is 0 Å². The van der Waals surface area contributed by atoms with Crippen LogP contribution in [0.15, 0.2) is 30.5 Å². The van der Waals surface area contributed by atoms with Gasteiger partial charge in [-0.3, -0.25) is 4.79 Å². The largest absolute Gasteiger partial charge is 0.350 e. The number of halogens is 1. The first-order valence-electron chi connectivity index (χ1n) is 5.06. The summed E-state index contributed by atoms with van der Waals surface area (Å²) in [6.07, 6.45) is 2.08. The summed E-state index contributed by atoms with van der Waals surface area (Å²) in [5, 5.41) is 2.72. The zero-order valence-electron chi connectivity index (χ0n) is 8.89. The van der Waals surface area contributed by atoms with Crippen molar-refractivity contribution >= 4 is 17.6 Å². The number of carbonyl (C=O) groups excluding carboxylic acids is 1. The van der Waals surface area contributed by atoms with Gasteiger partial charge in [0, 0.05) is 6.54 Å². The van der Waals surface area contributed by atoms with E-state index in [1.165, 1.54) is 18.3 Å². The van der Waals surface area contributed by atoms with Crippen molar-refractivity contribution in [2.75, 3.05) is 6.54 Å². The molecule has 0 atom stereocenters. The highest BCUT2D eigenvalue weighted by atomic mass is 32.1. The Bertz CT molecular complexity index is 484. The van der Waals surface area contributed by atoms with E-state index in [2.05, 4.69) is 14.1 Å². The molecule has 1 amide bonds. The van der Waals surface area contributed by atoms with E-state index >= 15 is 0 Å². The number of nitrogens with one attached hydrogen (secondary N) is 1. The summed E-state index contributed by atoms with van der Waals surface area (Å²) in [4.78, 5) is 11.5. The third kappa shape index (κ3) is 3.32. The molecule has 1 aromatic heterocycles. The Morgan fingerprint density at radius 3 is 2.76 bits per heavy atom. The third-order valence-corrected chi connectivity index (χ3v) is 2.68. The van der Waals surface area contributed by atoms with E-state index in [-0.39, 0.29) is 11.7 Å². The number of aromatic nitrogens is 2. The van der Waals surface area contributed by atoms with Gasteiger partial charge in [-0.2, -0.15) is 8.75 Å². The molecule has 0 unspecified atom stereocenters. The molecule has 0 aliphatic carbocycles. The summed E-state index contributed by atoms with van der Waals surface area (Å²) in [6.45, 7) is 0.488. The van der Waals surface area contributed by atoms with Crippen molar-refractivity contribution in [1.82, 2.24) is 14.1 Å². The van der Waals surface area contributed by atoms with Gasteiger partial charge in [0.05, 0.1) is 17.9 Å². The zero-order valence-corrected chi connectivity index (χ0v) is 9.71. The molecule has 88 valence electrons. The van der Waals surface area contributed by atoms with E-state index in [9.17, 15) is 9.18 Å². The molecule has 0 fully saturated rings. The van der Waals surface area contributed by atoms with Crippen LogP contribution in [-0.4, -0.2) is 21.2 Å². The number of hydrogen-bond donors (Lipinski definition) is 1. The lowest BCUT2D eigenvalue weighted by atomic mass is 10.1. The number of benzene rings is 1. The predicted molar refractivity (Wildman–Crippen MR) is 62.3 cm³/mol. The van der Waals surface area contributed by atoms with Gasteiger partial charge in [-0.25, -0.2) is 4.39 Å². The molecular formula is C11H10FN3OS. The van der Waals surface area contributed by atoms with Crippen molar-refractivity contribution in [3.05, 3.63) is 47.5 Å². The number of nitrogens with zero attached hydrogens (tertiary/aromatic N) is 2. The van der Waals surface area contributed by atoms with Gasteiger partial charge >= 0.3 is 0 Å². The summed E-state index contributed by atoms with van der Waals surface area (Å²) in [7, 11) is 0. The molecule has 2 aromatic rings. The monoisotopic (exact) mass is 251 g/mol. The fraction of sp³-hybridized carbons (Fsp3) is 0.182. The summed E-state index contributed by atoms with van der Waals surface area (Å²) in [5.74, 6) is -0.493. The average Bonchev–Trinajstić information content (AvgIpc) is 2.85. The second-order valence-corrected chi connectivity index (χ2v) is 3.98. The fourth-order valence-corrected chi connectivity index (χ4v) is 1.74. The molecule has 0 saturated heterocycles. The molecule has 1 heterocycles. The lowest BCUT2D eigenvalue weighted by Gasteiger charge is -2.03. The molecule has 0 aliphatic rings. The highest BCUT2D eigenvalue weighted by molar-refractivity contribution is 6.99. The van der Waals surface area contributed by atoms with Gasteiger partial charge in [0.1, 0.15) is 5.82 Å². The van der Waals surface area contributed by atoms with Crippen molar-refractivity contribution in [3.8, 4) is 0 Å². The Kier molecular flexibility index (Phi) is 3.77. The molecular weight excluding hydrogens is 241 g/mol. The van der Waals surface area contributed by atoms with Crippen LogP contribution in [0.25, 0.3) is 0 Å². The van der Waals surface area contributed by atoms with E-state index in [0.29, 0.717) is 18.7 Å². The van der Waals surface area contributed by atoms with Crippen LogP contribution < -0.4 is 5.32 Å². The number of rotatable bonds is 4. The smallest absolute Gasteiger partial charge is 0.272 e. The van der Waals surface area contributed by atoms with Crippen molar-refractivity contribution in [2.24, 2.45) is 0 Å². The molecule has 1 N–H and O–H groups in total. The Hall–Kier alpha value is -1.82. The van der Waals surface area contributed by atoms with Gasteiger partial charge in [0.15, 0.2) is 5.69 Å². The fourth-order valence-electron chi connectivity index (χ4n) is 1.33. The van der Waals surface area contributed by atoms with E-state index in [1.807, 2.05) is 0 Å². The van der Waals surface area contributed by atoms with Crippen LogP contribution in [0.4, 0.5) is 4.39 Å². The predicted octanol–water partition coefficient (Wildman–Crippen LogP) is 1.65. The van der Waals surface area contributed by atoms with E-state index in [0.717, 1.165) is 17.3 Å². The van der Waals surface area contributed by atoms with Gasteiger partial charge < -0.3 is 5.32 Å². The first-order valence-corrected chi connectivity index (χ1v) is 5.79. The minimum Gasteiger partial charge on any atom is -0.350 e. The van der Waals surface area contributed by atoms with Crippen LogP contribution in [0.3, 0.4) is 0 Å². The molecule has 6 heteroatoms. The van der Waals surface area contributed by atoms with E-state index in [4.69, 9.17) is 0 Å². The standard InChI is InChI=1S/C11H10FN3OS/c12-9-3-1-8(2-4-9)5-6-13-11(16)10-7-14-17-15-10/h1-4,7H,5-6H2,(H,13,16). The van der Waals surface area contributed by atoms with Gasteiger partial charge in [-0.05, 0) is 24.1 Å². The van der Waals surface area contributed by atoms with Crippen LogP contribution in [0.2, 0.25) is 0 Å². The van der Waals surface area contributed by atoms with Crippen LogP contribution in [0, 0.1) is 5.82 Å². The molecule has 0 spiro atoms. The molecule has 0 saturated carbocycles. The highest BCUT2D eigenvalue weighted by Gasteiger charge is 2.07. The Morgan fingerprint density at radius 2 is 2.12 bits per heavy atom. The normalized spacial score (nSPS) is 10.2. The van der Waals surface area contributed by atoms with Crippen molar-refractivity contribution in [1.29, 1.82) is 0 Å². The second-order valence-electron chi connectivity index (χ2n) is 3.43. The second kappa shape index (κ2) is 5.49. The first-order chi connectivity index (χ1) is 8.25. The Morgan fingerprint density at radius 1 is 1.35 bits per heavy atom. The zero-order chi connectivity index (χ0) is 12.1. The first kappa shape index (κ1) is 11.7. The SMILES string of the molecule is O=C(NCCc1ccc(F)cc1)c1cnsn1. The maximum absolute atomic E-state index is 12.6. The van der Waals surface area contributed by atoms with Crippen LogP contribution in [0.1, 0.15) is 16.1 Å². The van der Waals surface area contributed by atoms with E-state index in [1.54, 1.807) is 12.1 Å². The Labute approximate surface area is 102 Å². The van der Waals surface area contributed by atoms with Crippen LogP contribution in [-0.2, 0) is 6.42 Å². The molecule has 0 aliphatic heterocycles. The number of amides is 1. The maximum Gasteiger partial charge on any atom is 0.272 e. The summed E-state index contributed by atoms with van der Waals surface area (Å²) < 4.78 is 20.2. The minimum absolute atomic E-state index is 0.235. The van der Waals surface area contributed by atoms with E-state index < -0.39 is 0 Å². The number of carbonyl (C=O) groups is 1. The quantitative estimate of drug-likeness (QED) is 0.899. The van der Waals surface area contributed by atoms with Gasteiger partial charge in [-0.1, -0.05) is 12.1 Å².